The first-order valence-electron chi connectivity index (χ1n) is 6.76. The Hall–Kier alpha value is -1.44. The molecule has 2 N–H and O–H groups in total. The fourth-order valence-electron chi connectivity index (χ4n) is 2.75. The SMILES string of the molecule is COc1ccc(/C(N)=C/C2(C)CCCCC2)cc1. The minimum atomic E-state index is 0.280. The molecule has 0 bridgehead atoms. The number of methoxy groups -OCH3 is 1. The van der Waals surface area contributed by atoms with Gasteiger partial charge in [-0.1, -0.05) is 32.3 Å². The van der Waals surface area contributed by atoms with Gasteiger partial charge >= 0.3 is 0 Å². The summed E-state index contributed by atoms with van der Waals surface area (Å²) in [5.41, 5.74) is 8.48. The van der Waals surface area contributed by atoms with Gasteiger partial charge in [0.1, 0.15) is 5.75 Å². The molecule has 0 radical (unpaired) electrons. The van der Waals surface area contributed by atoms with E-state index in [1.54, 1.807) is 7.11 Å². The Morgan fingerprint density at radius 1 is 1.17 bits per heavy atom. The molecule has 0 atom stereocenters. The molecule has 2 rings (SSSR count). The van der Waals surface area contributed by atoms with Gasteiger partial charge in [-0.05, 0) is 48.1 Å². The zero-order chi connectivity index (χ0) is 13.0. The van der Waals surface area contributed by atoms with E-state index in [-0.39, 0.29) is 5.41 Å². The summed E-state index contributed by atoms with van der Waals surface area (Å²) in [6.07, 6.45) is 8.78. The molecular formula is C16H23NO. The highest BCUT2D eigenvalue weighted by atomic mass is 16.5. The van der Waals surface area contributed by atoms with Gasteiger partial charge in [0.05, 0.1) is 7.11 Å². The van der Waals surface area contributed by atoms with E-state index in [9.17, 15) is 0 Å². The van der Waals surface area contributed by atoms with Crippen LogP contribution in [0.2, 0.25) is 0 Å². The monoisotopic (exact) mass is 245 g/mol. The second kappa shape index (κ2) is 5.47. The molecule has 0 amide bonds. The van der Waals surface area contributed by atoms with Crippen molar-refractivity contribution in [1.82, 2.24) is 0 Å². The van der Waals surface area contributed by atoms with Crippen molar-refractivity contribution in [2.45, 2.75) is 39.0 Å². The van der Waals surface area contributed by atoms with Crippen LogP contribution in [0.25, 0.3) is 5.70 Å². The molecule has 1 aromatic rings. The number of hydrogen-bond acceptors (Lipinski definition) is 2. The first-order valence-corrected chi connectivity index (χ1v) is 6.76. The van der Waals surface area contributed by atoms with Gasteiger partial charge in [-0.2, -0.15) is 0 Å². The summed E-state index contributed by atoms with van der Waals surface area (Å²) in [6.45, 7) is 2.32. The molecule has 0 unspecified atom stereocenters. The highest BCUT2D eigenvalue weighted by Crippen LogP contribution is 2.38. The topological polar surface area (TPSA) is 35.2 Å². The molecule has 0 spiro atoms. The van der Waals surface area contributed by atoms with Crippen molar-refractivity contribution in [3.05, 3.63) is 35.9 Å². The van der Waals surface area contributed by atoms with Gasteiger partial charge < -0.3 is 10.5 Å². The number of ether oxygens (including phenoxy) is 1. The standard InChI is InChI=1S/C16H23NO/c1-16(10-4-3-5-11-16)12-15(17)13-6-8-14(18-2)9-7-13/h6-9,12H,3-5,10-11,17H2,1-2H3/b15-12-. The fraction of sp³-hybridized carbons (Fsp3) is 0.500. The smallest absolute Gasteiger partial charge is 0.118 e. The first-order chi connectivity index (χ1) is 8.63. The maximum Gasteiger partial charge on any atom is 0.118 e. The zero-order valence-corrected chi connectivity index (χ0v) is 11.4. The quantitative estimate of drug-likeness (QED) is 0.874. The maximum atomic E-state index is 6.22. The average molecular weight is 245 g/mol. The van der Waals surface area contributed by atoms with Crippen molar-refractivity contribution in [3.8, 4) is 5.75 Å². The van der Waals surface area contributed by atoms with Crippen LogP contribution in [0.15, 0.2) is 30.3 Å². The molecule has 1 aliphatic carbocycles. The lowest BCUT2D eigenvalue weighted by Crippen LogP contribution is -2.18. The molecule has 2 nitrogen and oxygen atoms in total. The molecule has 1 aromatic carbocycles. The molecule has 98 valence electrons. The largest absolute Gasteiger partial charge is 0.497 e. The third kappa shape index (κ3) is 3.06. The van der Waals surface area contributed by atoms with Gasteiger partial charge in [0.25, 0.3) is 0 Å². The number of nitrogens with two attached hydrogens (primary N) is 1. The summed E-state index contributed by atoms with van der Waals surface area (Å²) < 4.78 is 5.16. The lowest BCUT2D eigenvalue weighted by atomic mass is 9.75. The van der Waals surface area contributed by atoms with E-state index >= 15 is 0 Å². The van der Waals surface area contributed by atoms with Gasteiger partial charge in [0.2, 0.25) is 0 Å². The highest BCUT2D eigenvalue weighted by molar-refractivity contribution is 5.63. The Morgan fingerprint density at radius 2 is 1.78 bits per heavy atom. The van der Waals surface area contributed by atoms with Crippen molar-refractivity contribution >= 4 is 5.70 Å². The van der Waals surface area contributed by atoms with Crippen LogP contribution < -0.4 is 10.5 Å². The van der Waals surface area contributed by atoms with Gasteiger partial charge in [-0.3, -0.25) is 0 Å². The van der Waals surface area contributed by atoms with E-state index in [4.69, 9.17) is 10.5 Å². The van der Waals surface area contributed by atoms with Crippen LogP contribution in [0, 0.1) is 5.41 Å². The van der Waals surface area contributed by atoms with E-state index < -0.39 is 0 Å². The van der Waals surface area contributed by atoms with E-state index in [0.717, 1.165) is 17.0 Å². The molecular weight excluding hydrogens is 222 g/mol. The molecule has 0 aliphatic heterocycles. The number of hydrogen-bond donors (Lipinski definition) is 1. The van der Waals surface area contributed by atoms with Crippen LogP contribution in [0.1, 0.15) is 44.6 Å². The second-order valence-corrected chi connectivity index (χ2v) is 5.54. The maximum absolute atomic E-state index is 6.22. The van der Waals surface area contributed by atoms with Crippen molar-refractivity contribution in [2.24, 2.45) is 11.1 Å². The summed E-state index contributed by atoms with van der Waals surface area (Å²) in [4.78, 5) is 0. The van der Waals surface area contributed by atoms with E-state index in [0.29, 0.717) is 0 Å². The van der Waals surface area contributed by atoms with Crippen LogP contribution in [-0.2, 0) is 0 Å². The van der Waals surface area contributed by atoms with Crippen molar-refractivity contribution < 1.29 is 4.74 Å². The zero-order valence-electron chi connectivity index (χ0n) is 11.4. The van der Waals surface area contributed by atoms with E-state index in [1.807, 2.05) is 24.3 Å². The summed E-state index contributed by atoms with van der Waals surface area (Å²) in [5.74, 6) is 0.871. The summed E-state index contributed by atoms with van der Waals surface area (Å²) in [6, 6.07) is 7.96. The molecule has 0 saturated heterocycles. The molecule has 1 aliphatic rings. The summed E-state index contributed by atoms with van der Waals surface area (Å²) in [7, 11) is 1.68. The average Bonchev–Trinajstić information content (AvgIpc) is 2.39. The summed E-state index contributed by atoms with van der Waals surface area (Å²) in [5, 5.41) is 0. The molecule has 0 heterocycles. The van der Waals surface area contributed by atoms with Crippen LogP contribution in [0.4, 0.5) is 0 Å². The lowest BCUT2D eigenvalue weighted by Gasteiger charge is -2.31. The van der Waals surface area contributed by atoms with Crippen molar-refractivity contribution in [3.63, 3.8) is 0 Å². The van der Waals surface area contributed by atoms with E-state index in [2.05, 4.69) is 13.0 Å². The Morgan fingerprint density at radius 3 is 2.33 bits per heavy atom. The third-order valence-corrected chi connectivity index (χ3v) is 3.92. The van der Waals surface area contributed by atoms with Crippen molar-refractivity contribution in [1.29, 1.82) is 0 Å². The predicted octanol–water partition coefficient (Wildman–Crippen LogP) is 3.97. The van der Waals surface area contributed by atoms with Crippen LogP contribution in [0.5, 0.6) is 5.75 Å². The van der Waals surface area contributed by atoms with Gasteiger partial charge in [0, 0.05) is 5.70 Å². The molecule has 0 aromatic heterocycles. The number of allylic oxidation sites excluding steroid dienone is 1. The van der Waals surface area contributed by atoms with Crippen LogP contribution in [0.3, 0.4) is 0 Å². The summed E-state index contributed by atoms with van der Waals surface area (Å²) >= 11 is 0. The van der Waals surface area contributed by atoms with Crippen LogP contribution in [-0.4, -0.2) is 7.11 Å². The number of benzene rings is 1. The minimum Gasteiger partial charge on any atom is -0.497 e. The Balaban J connectivity index is 2.15. The highest BCUT2D eigenvalue weighted by Gasteiger charge is 2.24. The normalized spacial score (nSPS) is 19.6. The van der Waals surface area contributed by atoms with Crippen LogP contribution >= 0.6 is 0 Å². The molecule has 1 fully saturated rings. The Bertz CT molecular complexity index is 413. The molecule has 1 saturated carbocycles. The number of rotatable bonds is 3. The molecule has 2 heteroatoms. The lowest BCUT2D eigenvalue weighted by molar-refractivity contribution is 0.286. The third-order valence-electron chi connectivity index (χ3n) is 3.92. The first kappa shape index (κ1) is 13.0. The Labute approximate surface area is 110 Å². The van der Waals surface area contributed by atoms with Gasteiger partial charge in [-0.15, -0.1) is 0 Å². The Kier molecular flexibility index (Phi) is 3.95. The van der Waals surface area contributed by atoms with Gasteiger partial charge in [-0.25, -0.2) is 0 Å². The van der Waals surface area contributed by atoms with Crippen molar-refractivity contribution in [2.75, 3.05) is 7.11 Å². The predicted molar refractivity (Wildman–Crippen MR) is 76.4 cm³/mol. The van der Waals surface area contributed by atoms with E-state index in [1.165, 1.54) is 32.1 Å². The molecule has 18 heavy (non-hydrogen) atoms. The minimum absolute atomic E-state index is 0.280. The van der Waals surface area contributed by atoms with Gasteiger partial charge in [0.15, 0.2) is 0 Å². The fourth-order valence-corrected chi connectivity index (χ4v) is 2.75. The second-order valence-electron chi connectivity index (χ2n) is 5.54.